The first-order valence-corrected chi connectivity index (χ1v) is 7.06. The molecule has 0 radical (unpaired) electrons. The van der Waals surface area contributed by atoms with E-state index in [1.807, 2.05) is 30.3 Å². The van der Waals surface area contributed by atoms with Gasteiger partial charge in [0.2, 0.25) is 0 Å². The summed E-state index contributed by atoms with van der Waals surface area (Å²) in [4.78, 5) is 4.49. The van der Waals surface area contributed by atoms with Gasteiger partial charge in [-0.1, -0.05) is 31.5 Å². The number of hydrogen-bond acceptors (Lipinski definition) is 2. The molecule has 0 saturated heterocycles. The highest BCUT2D eigenvalue weighted by atomic mass is 16.5. The van der Waals surface area contributed by atoms with Crippen LogP contribution in [0.5, 0.6) is 5.75 Å². The van der Waals surface area contributed by atoms with Crippen molar-refractivity contribution in [3.05, 3.63) is 30.3 Å². The highest BCUT2D eigenvalue weighted by Gasteiger charge is 1.96. The minimum atomic E-state index is 0.627. The van der Waals surface area contributed by atoms with Gasteiger partial charge in [0.05, 0.1) is 6.54 Å². The molecule has 0 aliphatic heterocycles. The smallest absolute Gasteiger partial charge is 0.191 e. The molecule has 4 nitrogen and oxygen atoms in total. The third-order valence-electron chi connectivity index (χ3n) is 2.53. The van der Waals surface area contributed by atoms with Gasteiger partial charge < -0.3 is 15.4 Å². The highest BCUT2D eigenvalue weighted by Crippen LogP contribution is 2.07. The lowest BCUT2D eigenvalue weighted by molar-refractivity contribution is 0.322. The van der Waals surface area contributed by atoms with E-state index in [0.29, 0.717) is 6.61 Å². The number of para-hydroxylation sites is 1. The van der Waals surface area contributed by atoms with E-state index in [1.54, 1.807) is 0 Å². The number of nitrogens with one attached hydrogen (secondary N) is 2. The lowest BCUT2D eigenvalue weighted by Gasteiger charge is -2.12. The summed E-state index contributed by atoms with van der Waals surface area (Å²) in [5, 5.41) is 6.49. The minimum absolute atomic E-state index is 0.627. The molecule has 0 amide bonds. The van der Waals surface area contributed by atoms with Gasteiger partial charge in [0, 0.05) is 13.1 Å². The molecule has 106 valence electrons. The SMILES string of the molecule is CCCCN=C(NCC)NCCOc1ccccc1. The number of benzene rings is 1. The van der Waals surface area contributed by atoms with Crippen molar-refractivity contribution in [2.45, 2.75) is 26.7 Å². The maximum Gasteiger partial charge on any atom is 0.191 e. The largest absolute Gasteiger partial charge is 0.492 e. The molecule has 0 aliphatic carbocycles. The van der Waals surface area contributed by atoms with Crippen molar-refractivity contribution >= 4 is 5.96 Å². The topological polar surface area (TPSA) is 45.7 Å². The molecule has 1 aromatic carbocycles. The predicted octanol–water partition coefficient (Wildman–Crippen LogP) is 2.42. The van der Waals surface area contributed by atoms with Gasteiger partial charge in [0.25, 0.3) is 0 Å². The van der Waals surface area contributed by atoms with Crippen LogP contribution in [-0.2, 0) is 0 Å². The van der Waals surface area contributed by atoms with Crippen molar-refractivity contribution in [1.82, 2.24) is 10.6 Å². The molecule has 0 aromatic heterocycles. The lowest BCUT2D eigenvalue weighted by Crippen LogP contribution is -2.39. The van der Waals surface area contributed by atoms with Crippen LogP contribution in [0.3, 0.4) is 0 Å². The van der Waals surface area contributed by atoms with Crippen LogP contribution in [-0.4, -0.2) is 32.2 Å². The van der Waals surface area contributed by atoms with Crippen LogP contribution in [0.1, 0.15) is 26.7 Å². The summed E-state index contributed by atoms with van der Waals surface area (Å²) in [6.07, 6.45) is 2.29. The summed E-state index contributed by atoms with van der Waals surface area (Å²) in [6.45, 7) is 7.35. The lowest BCUT2D eigenvalue weighted by atomic mass is 10.3. The Hall–Kier alpha value is -1.71. The summed E-state index contributed by atoms with van der Waals surface area (Å²) >= 11 is 0. The van der Waals surface area contributed by atoms with Crippen LogP contribution in [0.2, 0.25) is 0 Å². The fourth-order valence-corrected chi connectivity index (χ4v) is 1.55. The second-order valence-electron chi connectivity index (χ2n) is 4.20. The number of hydrogen-bond donors (Lipinski definition) is 2. The Kier molecular flexibility index (Phi) is 8.27. The zero-order valence-corrected chi connectivity index (χ0v) is 12.0. The van der Waals surface area contributed by atoms with Gasteiger partial charge in [-0.3, -0.25) is 4.99 Å². The van der Waals surface area contributed by atoms with E-state index < -0.39 is 0 Å². The maximum absolute atomic E-state index is 5.61. The average molecular weight is 263 g/mol. The monoisotopic (exact) mass is 263 g/mol. The minimum Gasteiger partial charge on any atom is -0.492 e. The maximum atomic E-state index is 5.61. The zero-order valence-electron chi connectivity index (χ0n) is 12.0. The van der Waals surface area contributed by atoms with E-state index in [2.05, 4.69) is 29.5 Å². The van der Waals surface area contributed by atoms with Gasteiger partial charge in [-0.15, -0.1) is 0 Å². The Morgan fingerprint density at radius 1 is 1.16 bits per heavy atom. The Labute approximate surface area is 116 Å². The Balaban J connectivity index is 2.22. The van der Waals surface area contributed by atoms with Crippen molar-refractivity contribution in [2.75, 3.05) is 26.2 Å². The number of guanidine groups is 1. The van der Waals surface area contributed by atoms with Crippen LogP contribution >= 0.6 is 0 Å². The summed E-state index contributed by atoms with van der Waals surface area (Å²) in [5.41, 5.74) is 0. The average Bonchev–Trinajstić information content (AvgIpc) is 2.45. The molecule has 4 heteroatoms. The highest BCUT2D eigenvalue weighted by molar-refractivity contribution is 5.79. The molecule has 1 aromatic rings. The summed E-state index contributed by atoms with van der Waals surface area (Å²) < 4.78 is 5.61. The number of aliphatic imine (C=N–C) groups is 1. The van der Waals surface area contributed by atoms with E-state index >= 15 is 0 Å². The molecule has 0 bridgehead atoms. The molecule has 2 N–H and O–H groups in total. The normalized spacial score (nSPS) is 11.2. The number of nitrogens with zero attached hydrogens (tertiary/aromatic N) is 1. The molecule has 0 atom stereocenters. The Morgan fingerprint density at radius 2 is 1.95 bits per heavy atom. The van der Waals surface area contributed by atoms with E-state index in [-0.39, 0.29) is 0 Å². The third-order valence-corrected chi connectivity index (χ3v) is 2.53. The standard InChI is InChI=1S/C15H25N3O/c1-3-5-11-17-15(16-4-2)18-12-13-19-14-9-7-6-8-10-14/h6-10H,3-5,11-13H2,1-2H3,(H2,16,17,18). The molecule has 19 heavy (non-hydrogen) atoms. The summed E-state index contributed by atoms with van der Waals surface area (Å²) in [5.74, 6) is 1.77. The van der Waals surface area contributed by atoms with Crippen LogP contribution in [0.15, 0.2) is 35.3 Å². The van der Waals surface area contributed by atoms with E-state index in [1.165, 1.54) is 6.42 Å². The third kappa shape index (κ3) is 7.34. The second kappa shape index (κ2) is 10.2. The van der Waals surface area contributed by atoms with Crippen molar-refractivity contribution in [1.29, 1.82) is 0 Å². The van der Waals surface area contributed by atoms with Crippen molar-refractivity contribution in [3.63, 3.8) is 0 Å². The summed E-state index contributed by atoms with van der Waals surface area (Å²) in [6, 6.07) is 9.84. The second-order valence-corrected chi connectivity index (χ2v) is 4.20. The van der Waals surface area contributed by atoms with Crippen molar-refractivity contribution in [2.24, 2.45) is 4.99 Å². The van der Waals surface area contributed by atoms with Gasteiger partial charge >= 0.3 is 0 Å². The first kappa shape index (κ1) is 15.3. The fraction of sp³-hybridized carbons (Fsp3) is 0.533. The summed E-state index contributed by atoms with van der Waals surface area (Å²) in [7, 11) is 0. The van der Waals surface area contributed by atoms with E-state index in [4.69, 9.17) is 4.74 Å². The van der Waals surface area contributed by atoms with Gasteiger partial charge in [0.15, 0.2) is 5.96 Å². The van der Waals surface area contributed by atoms with Gasteiger partial charge in [0.1, 0.15) is 12.4 Å². The molecule has 0 unspecified atom stereocenters. The van der Waals surface area contributed by atoms with E-state index in [9.17, 15) is 0 Å². The first-order chi connectivity index (χ1) is 9.36. The molecule has 0 fully saturated rings. The number of unbranched alkanes of at least 4 members (excludes halogenated alkanes) is 1. The Morgan fingerprint density at radius 3 is 2.63 bits per heavy atom. The molecule has 1 rings (SSSR count). The van der Waals surface area contributed by atoms with Crippen molar-refractivity contribution in [3.8, 4) is 5.75 Å². The molecular weight excluding hydrogens is 238 g/mol. The molecule has 0 aliphatic rings. The van der Waals surface area contributed by atoms with E-state index in [0.717, 1.165) is 37.8 Å². The van der Waals surface area contributed by atoms with Gasteiger partial charge in [-0.25, -0.2) is 0 Å². The molecular formula is C15H25N3O. The Bertz CT molecular complexity index is 352. The van der Waals surface area contributed by atoms with Crippen LogP contribution in [0.4, 0.5) is 0 Å². The van der Waals surface area contributed by atoms with Gasteiger partial charge in [-0.2, -0.15) is 0 Å². The predicted molar refractivity (Wildman–Crippen MR) is 80.8 cm³/mol. The quantitative estimate of drug-likeness (QED) is 0.430. The van der Waals surface area contributed by atoms with Gasteiger partial charge in [-0.05, 0) is 25.5 Å². The van der Waals surface area contributed by atoms with Crippen LogP contribution in [0.25, 0.3) is 0 Å². The number of rotatable bonds is 8. The van der Waals surface area contributed by atoms with Crippen LogP contribution < -0.4 is 15.4 Å². The van der Waals surface area contributed by atoms with Crippen LogP contribution in [0, 0.1) is 0 Å². The number of ether oxygens (including phenoxy) is 1. The zero-order chi connectivity index (χ0) is 13.8. The fourth-order valence-electron chi connectivity index (χ4n) is 1.55. The first-order valence-electron chi connectivity index (χ1n) is 7.06. The molecule has 0 spiro atoms. The molecule has 0 heterocycles. The van der Waals surface area contributed by atoms with Crippen molar-refractivity contribution < 1.29 is 4.74 Å². The molecule has 0 saturated carbocycles.